The van der Waals surface area contributed by atoms with Gasteiger partial charge < -0.3 is 19.6 Å². The lowest BCUT2D eigenvalue weighted by molar-refractivity contribution is -0.117. The molecule has 0 aromatic heterocycles. The molecule has 1 amide bonds. The molecule has 0 spiro atoms. The maximum atomic E-state index is 12.1. The van der Waals surface area contributed by atoms with E-state index in [1.165, 1.54) is 6.92 Å². The van der Waals surface area contributed by atoms with Crippen molar-refractivity contribution in [1.82, 2.24) is 5.32 Å². The van der Waals surface area contributed by atoms with Crippen molar-refractivity contribution in [3.63, 3.8) is 0 Å². The molecule has 1 N–H and O–H groups in total. The van der Waals surface area contributed by atoms with Gasteiger partial charge in [-0.05, 0) is 35.6 Å². The van der Waals surface area contributed by atoms with Crippen molar-refractivity contribution in [1.29, 1.82) is 0 Å². The number of hydrogen-bond donors (Lipinski definition) is 1. The number of nitrogens with one attached hydrogen (secondary N) is 1. The fourth-order valence-electron chi connectivity index (χ4n) is 3.32. The normalized spacial score (nSPS) is 13.4. The van der Waals surface area contributed by atoms with Crippen LogP contribution in [0.2, 0.25) is 0 Å². The molecular formula is C21H21NO4. The summed E-state index contributed by atoms with van der Waals surface area (Å²) in [7, 11) is 0. The summed E-state index contributed by atoms with van der Waals surface area (Å²) in [5.74, 6) is -0.0498. The number of Topliss-reactive ketones (excluding diaryl/α,β-unsaturated/α-hetero) is 1. The summed E-state index contributed by atoms with van der Waals surface area (Å²) >= 11 is 0. The highest BCUT2D eigenvalue weighted by Crippen LogP contribution is 2.44. The average Bonchev–Trinajstić information content (AvgIpc) is 2.97. The standard InChI is InChI=1S/C21H21NO4/c1-14(24)10-11-15(12-23)22-21(25)26-13-20-18-8-4-2-6-16(18)17-7-3-5-9-19(17)20/h2-9,12,15,20H,10-11,13H2,1H3,(H,22,25)/t15-/m1/s1. The topological polar surface area (TPSA) is 72.5 Å². The Kier molecular flexibility index (Phi) is 5.46. The fraction of sp³-hybridized carbons (Fsp3) is 0.286. The van der Waals surface area contributed by atoms with Gasteiger partial charge in [-0.15, -0.1) is 0 Å². The third-order valence-electron chi connectivity index (χ3n) is 4.62. The van der Waals surface area contributed by atoms with E-state index in [9.17, 15) is 14.4 Å². The maximum Gasteiger partial charge on any atom is 0.407 e. The van der Waals surface area contributed by atoms with Crippen LogP contribution in [0.1, 0.15) is 36.8 Å². The molecule has 2 aromatic rings. The van der Waals surface area contributed by atoms with Gasteiger partial charge in [-0.2, -0.15) is 0 Å². The van der Waals surface area contributed by atoms with Crippen LogP contribution in [-0.2, 0) is 14.3 Å². The minimum Gasteiger partial charge on any atom is -0.449 e. The van der Waals surface area contributed by atoms with Gasteiger partial charge in [0.15, 0.2) is 0 Å². The molecule has 0 bridgehead atoms. The van der Waals surface area contributed by atoms with Crippen LogP contribution in [-0.4, -0.2) is 30.8 Å². The molecule has 2 aromatic carbocycles. The number of rotatable bonds is 7. The summed E-state index contributed by atoms with van der Waals surface area (Å²) in [6, 6.07) is 15.4. The van der Waals surface area contributed by atoms with Crippen molar-refractivity contribution < 1.29 is 19.1 Å². The van der Waals surface area contributed by atoms with E-state index in [1.54, 1.807) is 0 Å². The number of aldehydes is 1. The lowest BCUT2D eigenvalue weighted by atomic mass is 9.98. The quantitative estimate of drug-likeness (QED) is 0.776. The molecule has 5 nitrogen and oxygen atoms in total. The van der Waals surface area contributed by atoms with E-state index < -0.39 is 12.1 Å². The first kappa shape index (κ1) is 17.9. The molecule has 0 radical (unpaired) electrons. The molecule has 0 unspecified atom stereocenters. The molecule has 1 atom stereocenters. The summed E-state index contributed by atoms with van der Waals surface area (Å²) in [6.45, 7) is 1.65. The second kappa shape index (κ2) is 7.95. The number of fused-ring (bicyclic) bond motifs is 3. The van der Waals surface area contributed by atoms with Gasteiger partial charge in [0.05, 0.1) is 6.04 Å². The Labute approximate surface area is 152 Å². The minimum absolute atomic E-state index is 0.0220. The van der Waals surface area contributed by atoms with Gasteiger partial charge in [0.1, 0.15) is 18.7 Å². The number of hydrogen-bond acceptors (Lipinski definition) is 4. The Morgan fingerprint density at radius 2 is 1.65 bits per heavy atom. The van der Waals surface area contributed by atoms with Crippen molar-refractivity contribution >= 4 is 18.2 Å². The van der Waals surface area contributed by atoms with E-state index >= 15 is 0 Å². The van der Waals surface area contributed by atoms with Crippen molar-refractivity contribution in [2.45, 2.75) is 31.7 Å². The molecule has 1 aliphatic carbocycles. The van der Waals surface area contributed by atoms with Crippen molar-refractivity contribution in [2.75, 3.05) is 6.61 Å². The summed E-state index contributed by atoms with van der Waals surface area (Å²) in [4.78, 5) is 34.1. The molecular weight excluding hydrogens is 330 g/mol. The Bertz CT molecular complexity index is 785. The number of benzene rings is 2. The van der Waals surface area contributed by atoms with Crippen molar-refractivity contribution in [3.05, 3.63) is 59.7 Å². The zero-order valence-corrected chi connectivity index (χ0v) is 14.6. The first-order chi connectivity index (χ1) is 12.6. The second-order valence-corrected chi connectivity index (χ2v) is 6.45. The Balaban J connectivity index is 1.65. The van der Waals surface area contributed by atoms with E-state index in [1.807, 2.05) is 36.4 Å². The van der Waals surface area contributed by atoms with Gasteiger partial charge in [0, 0.05) is 12.3 Å². The smallest absolute Gasteiger partial charge is 0.407 e. The van der Waals surface area contributed by atoms with E-state index in [2.05, 4.69) is 17.4 Å². The summed E-state index contributed by atoms with van der Waals surface area (Å²) in [6.07, 6.45) is 0.507. The zero-order chi connectivity index (χ0) is 18.5. The Morgan fingerprint density at radius 1 is 1.08 bits per heavy atom. The lowest BCUT2D eigenvalue weighted by Crippen LogP contribution is -2.37. The predicted molar refractivity (Wildman–Crippen MR) is 98.0 cm³/mol. The van der Waals surface area contributed by atoms with Crippen LogP contribution in [0.15, 0.2) is 48.5 Å². The van der Waals surface area contributed by atoms with Crippen molar-refractivity contribution in [2.24, 2.45) is 0 Å². The van der Waals surface area contributed by atoms with Crippen LogP contribution >= 0.6 is 0 Å². The molecule has 0 saturated heterocycles. The van der Waals surface area contributed by atoms with Gasteiger partial charge in [-0.3, -0.25) is 0 Å². The monoisotopic (exact) mass is 351 g/mol. The van der Waals surface area contributed by atoms with Crippen molar-refractivity contribution in [3.8, 4) is 11.1 Å². The van der Waals surface area contributed by atoms with E-state index in [4.69, 9.17) is 4.74 Å². The highest BCUT2D eigenvalue weighted by Gasteiger charge is 2.29. The highest BCUT2D eigenvalue weighted by atomic mass is 16.5. The molecule has 134 valence electrons. The number of carbonyl (C=O) groups excluding carboxylic acids is 3. The lowest BCUT2D eigenvalue weighted by Gasteiger charge is -2.16. The summed E-state index contributed by atoms with van der Waals surface area (Å²) in [5, 5.41) is 2.51. The van der Waals surface area contributed by atoms with Gasteiger partial charge in [-0.1, -0.05) is 48.5 Å². The van der Waals surface area contributed by atoms with E-state index in [0.29, 0.717) is 6.29 Å². The second-order valence-electron chi connectivity index (χ2n) is 6.45. The fourth-order valence-corrected chi connectivity index (χ4v) is 3.32. The average molecular weight is 351 g/mol. The van der Waals surface area contributed by atoms with Gasteiger partial charge >= 0.3 is 6.09 Å². The first-order valence-electron chi connectivity index (χ1n) is 8.66. The number of carbonyl (C=O) groups is 3. The molecule has 26 heavy (non-hydrogen) atoms. The summed E-state index contributed by atoms with van der Waals surface area (Å²) < 4.78 is 5.38. The van der Waals surface area contributed by atoms with Crippen LogP contribution in [0.4, 0.5) is 4.79 Å². The van der Waals surface area contributed by atoms with Crippen LogP contribution in [0, 0.1) is 0 Å². The SMILES string of the molecule is CC(=O)CC[C@H](C=O)NC(=O)OCC1c2ccccc2-c2ccccc21. The molecule has 0 saturated carbocycles. The molecule has 5 heteroatoms. The van der Waals surface area contributed by atoms with E-state index in [0.717, 1.165) is 22.3 Å². The molecule has 3 rings (SSSR count). The van der Waals surface area contributed by atoms with Gasteiger partial charge in [-0.25, -0.2) is 4.79 Å². The van der Waals surface area contributed by atoms with Crippen LogP contribution in [0.5, 0.6) is 0 Å². The largest absolute Gasteiger partial charge is 0.449 e. The third-order valence-corrected chi connectivity index (χ3v) is 4.62. The van der Waals surface area contributed by atoms with E-state index in [-0.39, 0.29) is 31.1 Å². The van der Waals surface area contributed by atoms with Crippen LogP contribution in [0.25, 0.3) is 11.1 Å². The highest BCUT2D eigenvalue weighted by molar-refractivity contribution is 5.79. The maximum absolute atomic E-state index is 12.1. The number of amides is 1. The van der Waals surface area contributed by atoms with Gasteiger partial charge in [0.2, 0.25) is 0 Å². The zero-order valence-electron chi connectivity index (χ0n) is 14.6. The molecule has 1 aliphatic rings. The summed E-state index contributed by atoms with van der Waals surface area (Å²) in [5.41, 5.74) is 4.57. The molecule has 0 aliphatic heterocycles. The van der Waals surface area contributed by atoms with Crippen LogP contribution < -0.4 is 5.32 Å². The third kappa shape index (κ3) is 3.82. The van der Waals surface area contributed by atoms with Crippen LogP contribution in [0.3, 0.4) is 0 Å². The molecule has 0 fully saturated rings. The number of alkyl carbamates (subject to hydrolysis) is 1. The number of ketones is 1. The molecule has 0 heterocycles. The Hall–Kier alpha value is -2.95. The van der Waals surface area contributed by atoms with Gasteiger partial charge in [0.25, 0.3) is 0 Å². The minimum atomic E-state index is -0.713. The Morgan fingerprint density at radius 3 is 2.19 bits per heavy atom. The predicted octanol–water partition coefficient (Wildman–Crippen LogP) is 3.46. The first-order valence-corrected chi connectivity index (χ1v) is 8.66. The number of ether oxygens (including phenoxy) is 1.